The van der Waals surface area contributed by atoms with Gasteiger partial charge >= 0.3 is 0 Å². The third-order valence-electron chi connectivity index (χ3n) is 2.38. The van der Waals surface area contributed by atoms with Gasteiger partial charge in [0.25, 0.3) is 0 Å². The first-order chi connectivity index (χ1) is 7.74. The maximum Gasteiger partial charge on any atom is 0.124 e. The van der Waals surface area contributed by atoms with E-state index < -0.39 is 0 Å². The van der Waals surface area contributed by atoms with Crippen molar-refractivity contribution in [3.05, 3.63) is 33.7 Å². The molecule has 2 nitrogen and oxygen atoms in total. The Balaban J connectivity index is 2.43. The summed E-state index contributed by atoms with van der Waals surface area (Å²) in [5, 5.41) is 3.02. The van der Waals surface area contributed by atoms with E-state index in [0.717, 1.165) is 27.3 Å². The van der Waals surface area contributed by atoms with Gasteiger partial charge in [0, 0.05) is 10.9 Å². The molecule has 0 aliphatic rings. The minimum Gasteiger partial charge on any atom is -0.496 e. The molecule has 16 heavy (non-hydrogen) atoms. The highest BCUT2D eigenvalue weighted by molar-refractivity contribution is 9.10. The highest BCUT2D eigenvalue weighted by Crippen LogP contribution is 2.30. The minimum absolute atomic E-state index is 0.890. The van der Waals surface area contributed by atoms with Gasteiger partial charge in [-0.3, -0.25) is 0 Å². The van der Waals surface area contributed by atoms with E-state index in [1.54, 1.807) is 18.4 Å². The molecule has 0 fully saturated rings. The summed E-state index contributed by atoms with van der Waals surface area (Å²) < 4.78 is 6.20. The maximum absolute atomic E-state index is 5.31. The van der Waals surface area contributed by atoms with Gasteiger partial charge in [0.2, 0.25) is 0 Å². The van der Waals surface area contributed by atoms with E-state index in [1.165, 1.54) is 5.56 Å². The number of aromatic nitrogens is 1. The topological polar surface area (TPSA) is 22.1 Å². The second-order valence-corrected chi connectivity index (χ2v) is 5.03. The van der Waals surface area contributed by atoms with Crippen LogP contribution < -0.4 is 4.74 Å². The molecule has 0 atom stereocenters. The van der Waals surface area contributed by atoms with Crippen molar-refractivity contribution in [1.29, 1.82) is 0 Å². The number of hydrogen-bond donors (Lipinski definition) is 0. The Bertz CT molecular complexity index is 496. The van der Waals surface area contributed by atoms with Crippen LogP contribution in [0.4, 0.5) is 0 Å². The van der Waals surface area contributed by atoms with Crippen molar-refractivity contribution in [2.24, 2.45) is 0 Å². The van der Waals surface area contributed by atoms with Crippen molar-refractivity contribution in [2.75, 3.05) is 7.11 Å². The third-order valence-corrected chi connectivity index (χ3v) is 3.99. The summed E-state index contributed by atoms with van der Waals surface area (Å²) in [6, 6.07) is 6.19. The molecular formula is C12H12BrNOS. The molecule has 4 heteroatoms. The molecule has 0 N–H and O–H groups in total. The smallest absolute Gasteiger partial charge is 0.124 e. The van der Waals surface area contributed by atoms with Gasteiger partial charge in [-0.05, 0) is 46.1 Å². The summed E-state index contributed by atoms with van der Waals surface area (Å²) in [5.74, 6) is 0.946. The normalized spacial score (nSPS) is 10.4. The standard InChI is InChI=1S/C12H12BrNOS/c1-3-8-6-9(4-5-10(8)15-2)12-14-11(13)7-16-12/h4-7H,3H2,1-2H3. The highest BCUT2D eigenvalue weighted by Gasteiger charge is 2.07. The van der Waals surface area contributed by atoms with E-state index >= 15 is 0 Å². The van der Waals surface area contributed by atoms with Crippen molar-refractivity contribution >= 4 is 27.3 Å². The summed E-state index contributed by atoms with van der Waals surface area (Å²) in [5.41, 5.74) is 2.36. The van der Waals surface area contributed by atoms with Gasteiger partial charge in [-0.2, -0.15) is 0 Å². The number of benzene rings is 1. The van der Waals surface area contributed by atoms with Gasteiger partial charge < -0.3 is 4.74 Å². The zero-order valence-electron chi connectivity index (χ0n) is 9.16. The minimum atomic E-state index is 0.890. The number of aryl methyl sites for hydroxylation is 1. The van der Waals surface area contributed by atoms with Crippen LogP contribution in [0.25, 0.3) is 10.6 Å². The number of hydrogen-bond acceptors (Lipinski definition) is 3. The molecule has 0 aliphatic carbocycles. The fourth-order valence-electron chi connectivity index (χ4n) is 1.57. The fraction of sp³-hybridized carbons (Fsp3) is 0.250. The molecule has 0 bridgehead atoms. The lowest BCUT2D eigenvalue weighted by atomic mass is 10.1. The zero-order chi connectivity index (χ0) is 11.5. The van der Waals surface area contributed by atoms with E-state index in [4.69, 9.17) is 4.74 Å². The molecule has 2 aromatic rings. The van der Waals surface area contributed by atoms with Crippen LogP contribution in [0.2, 0.25) is 0 Å². The van der Waals surface area contributed by atoms with Crippen molar-refractivity contribution < 1.29 is 4.74 Å². The lowest BCUT2D eigenvalue weighted by Crippen LogP contribution is -1.90. The molecule has 2 rings (SSSR count). The van der Waals surface area contributed by atoms with Crippen molar-refractivity contribution in [3.63, 3.8) is 0 Å². The van der Waals surface area contributed by atoms with Crippen LogP contribution in [0.1, 0.15) is 12.5 Å². The first-order valence-corrected chi connectivity index (χ1v) is 6.70. The molecule has 84 valence electrons. The van der Waals surface area contributed by atoms with Crippen molar-refractivity contribution in [3.8, 4) is 16.3 Å². The first-order valence-electron chi connectivity index (χ1n) is 5.03. The van der Waals surface area contributed by atoms with Crippen molar-refractivity contribution in [1.82, 2.24) is 4.98 Å². The van der Waals surface area contributed by atoms with Crippen LogP contribution in [-0.4, -0.2) is 12.1 Å². The summed E-state index contributed by atoms with van der Waals surface area (Å²) in [4.78, 5) is 4.41. The summed E-state index contributed by atoms with van der Waals surface area (Å²) in [6.45, 7) is 2.12. The van der Waals surface area contributed by atoms with Gasteiger partial charge in [-0.1, -0.05) is 6.92 Å². The van der Waals surface area contributed by atoms with Crippen LogP contribution in [0.5, 0.6) is 5.75 Å². The Morgan fingerprint density at radius 1 is 1.44 bits per heavy atom. The van der Waals surface area contributed by atoms with Gasteiger partial charge in [0.1, 0.15) is 15.4 Å². The number of ether oxygens (including phenoxy) is 1. The van der Waals surface area contributed by atoms with Gasteiger partial charge in [-0.25, -0.2) is 4.98 Å². The quantitative estimate of drug-likeness (QED) is 0.849. The summed E-state index contributed by atoms with van der Waals surface area (Å²) in [7, 11) is 1.70. The Hall–Kier alpha value is -0.870. The van der Waals surface area contributed by atoms with E-state index in [-0.39, 0.29) is 0 Å². The van der Waals surface area contributed by atoms with Gasteiger partial charge in [0.15, 0.2) is 0 Å². The van der Waals surface area contributed by atoms with Crippen LogP contribution in [0.15, 0.2) is 28.2 Å². The van der Waals surface area contributed by atoms with Crippen LogP contribution in [0.3, 0.4) is 0 Å². The lowest BCUT2D eigenvalue weighted by Gasteiger charge is -2.07. The average molecular weight is 298 g/mol. The number of methoxy groups -OCH3 is 1. The van der Waals surface area contributed by atoms with E-state index in [9.17, 15) is 0 Å². The molecule has 0 saturated heterocycles. The van der Waals surface area contributed by atoms with Crippen LogP contribution in [-0.2, 0) is 6.42 Å². The predicted molar refractivity (Wildman–Crippen MR) is 71.2 cm³/mol. The molecule has 0 aliphatic heterocycles. The molecule has 1 aromatic carbocycles. The molecular weight excluding hydrogens is 286 g/mol. The molecule has 0 amide bonds. The maximum atomic E-state index is 5.31. The molecule has 0 unspecified atom stereocenters. The SMILES string of the molecule is CCc1cc(-c2nc(Br)cs2)ccc1OC. The van der Waals surface area contributed by atoms with E-state index in [2.05, 4.69) is 33.9 Å². The third kappa shape index (κ3) is 2.28. The van der Waals surface area contributed by atoms with Crippen molar-refractivity contribution in [2.45, 2.75) is 13.3 Å². The van der Waals surface area contributed by atoms with E-state index in [0.29, 0.717) is 0 Å². The van der Waals surface area contributed by atoms with Gasteiger partial charge in [0.05, 0.1) is 7.11 Å². The van der Waals surface area contributed by atoms with Crippen LogP contribution >= 0.6 is 27.3 Å². The molecule has 1 aromatic heterocycles. The number of nitrogens with zero attached hydrogens (tertiary/aromatic N) is 1. The Kier molecular flexibility index (Phi) is 3.61. The number of thiazole rings is 1. The Labute approximate surface area is 107 Å². The molecule has 0 spiro atoms. The first kappa shape index (κ1) is 11.6. The average Bonchev–Trinajstić information content (AvgIpc) is 2.75. The molecule has 1 heterocycles. The highest BCUT2D eigenvalue weighted by atomic mass is 79.9. The molecule has 0 saturated carbocycles. The zero-order valence-corrected chi connectivity index (χ0v) is 11.6. The predicted octanol–water partition coefficient (Wildman–Crippen LogP) is 4.14. The summed E-state index contributed by atoms with van der Waals surface area (Å²) in [6.07, 6.45) is 0.962. The fourth-order valence-corrected chi connectivity index (χ4v) is 2.83. The van der Waals surface area contributed by atoms with E-state index in [1.807, 2.05) is 17.5 Å². The number of rotatable bonds is 3. The number of halogens is 1. The monoisotopic (exact) mass is 297 g/mol. The lowest BCUT2D eigenvalue weighted by molar-refractivity contribution is 0.410. The second kappa shape index (κ2) is 4.97. The Morgan fingerprint density at radius 3 is 2.81 bits per heavy atom. The summed E-state index contributed by atoms with van der Waals surface area (Å²) >= 11 is 5.00. The second-order valence-electron chi connectivity index (χ2n) is 3.36. The largest absolute Gasteiger partial charge is 0.496 e. The van der Waals surface area contributed by atoms with Crippen LogP contribution in [0, 0.1) is 0 Å². The van der Waals surface area contributed by atoms with Gasteiger partial charge in [-0.15, -0.1) is 11.3 Å². The molecule has 0 radical (unpaired) electrons. The Morgan fingerprint density at radius 2 is 2.25 bits per heavy atom.